The van der Waals surface area contributed by atoms with E-state index in [0.29, 0.717) is 16.9 Å². The van der Waals surface area contributed by atoms with Gasteiger partial charge in [0.05, 0.1) is 11.3 Å². The van der Waals surface area contributed by atoms with Crippen molar-refractivity contribution in [2.45, 2.75) is 6.92 Å². The van der Waals surface area contributed by atoms with Crippen molar-refractivity contribution < 1.29 is 4.79 Å². The molecular weight excluding hydrogens is 178 g/mol. The summed E-state index contributed by atoms with van der Waals surface area (Å²) in [7, 11) is 1.62. The molecule has 72 valence electrons. The van der Waals surface area contributed by atoms with Crippen LogP contribution in [-0.4, -0.2) is 13.0 Å². The Morgan fingerprint density at radius 1 is 1.57 bits per heavy atom. The Balaban J connectivity index is 3.22. The van der Waals surface area contributed by atoms with Gasteiger partial charge in [-0.2, -0.15) is 5.26 Å². The van der Waals surface area contributed by atoms with Gasteiger partial charge in [-0.15, -0.1) is 0 Å². The third-order valence-electron chi connectivity index (χ3n) is 1.97. The van der Waals surface area contributed by atoms with Gasteiger partial charge >= 0.3 is 0 Å². The van der Waals surface area contributed by atoms with E-state index < -0.39 is 0 Å². The number of carbonyl (C=O) groups excluding carboxylic acids is 1. The summed E-state index contributed by atoms with van der Waals surface area (Å²) in [5, 5.41) is 8.83. The number of carbonyl (C=O) groups is 1. The highest BCUT2D eigenvalue weighted by Gasteiger charge is 2.10. The fourth-order valence-corrected chi connectivity index (χ4v) is 1.11. The summed E-state index contributed by atoms with van der Waals surface area (Å²) in [5.74, 6) is -0.119. The number of nitrogens with two attached hydrogens (primary N) is 1. The Morgan fingerprint density at radius 3 is 2.71 bits per heavy atom. The number of nitrogens with zero attached hydrogens (tertiary/aromatic N) is 2. The molecule has 1 aromatic carbocycles. The molecule has 0 saturated heterocycles. The van der Waals surface area contributed by atoms with Crippen LogP contribution in [0.15, 0.2) is 18.2 Å². The average molecular weight is 189 g/mol. The molecule has 0 bridgehead atoms. The molecule has 1 rings (SSSR count). The van der Waals surface area contributed by atoms with Gasteiger partial charge in [-0.05, 0) is 18.2 Å². The maximum atomic E-state index is 11.1. The summed E-state index contributed by atoms with van der Waals surface area (Å²) in [5.41, 5.74) is 7.02. The smallest absolute Gasteiger partial charge is 0.223 e. The SMILES string of the molecule is CC(=O)N(C)c1ccc(N)cc1C#N. The first-order valence-corrected chi connectivity index (χ1v) is 4.10. The molecule has 14 heavy (non-hydrogen) atoms. The molecule has 0 aliphatic heterocycles. The molecule has 0 aromatic heterocycles. The van der Waals surface area contributed by atoms with E-state index in [1.807, 2.05) is 6.07 Å². The van der Waals surface area contributed by atoms with Crippen LogP contribution >= 0.6 is 0 Å². The number of amides is 1. The predicted octanol–water partition coefficient (Wildman–Crippen LogP) is 1.12. The Labute approximate surface area is 82.5 Å². The van der Waals surface area contributed by atoms with E-state index >= 15 is 0 Å². The highest BCUT2D eigenvalue weighted by molar-refractivity contribution is 5.92. The van der Waals surface area contributed by atoms with Crippen molar-refractivity contribution in [3.8, 4) is 6.07 Å². The van der Waals surface area contributed by atoms with Gasteiger partial charge in [0.25, 0.3) is 0 Å². The van der Waals surface area contributed by atoms with Crippen molar-refractivity contribution in [2.24, 2.45) is 0 Å². The molecule has 0 aliphatic carbocycles. The lowest BCUT2D eigenvalue weighted by Crippen LogP contribution is -2.23. The Hall–Kier alpha value is -2.02. The number of nitriles is 1. The molecule has 0 heterocycles. The number of hydrogen-bond donors (Lipinski definition) is 1. The van der Waals surface area contributed by atoms with Crippen LogP contribution in [0.2, 0.25) is 0 Å². The molecule has 0 atom stereocenters. The summed E-state index contributed by atoms with van der Waals surface area (Å²) < 4.78 is 0. The first-order valence-electron chi connectivity index (χ1n) is 4.10. The first-order chi connectivity index (χ1) is 6.56. The molecule has 0 fully saturated rings. The molecule has 0 unspecified atom stereocenters. The molecule has 1 aromatic rings. The van der Waals surface area contributed by atoms with Crippen molar-refractivity contribution in [1.29, 1.82) is 5.26 Å². The van der Waals surface area contributed by atoms with Crippen molar-refractivity contribution >= 4 is 17.3 Å². The quantitative estimate of drug-likeness (QED) is 0.673. The number of nitrogen functional groups attached to an aromatic ring is 1. The third-order valence-corrected chi connectivity index (χ3v) is 1.97. The summed E-state index contributed by atoms with van der Waals surface area (Å²) in [4.78, 5) is 12.5. The van der Waals surface area contributed by atoms with Gasteiger partial charge in [0, 0.05) is 19.7 Å². The highest BCUT2D eigenvalue weighted by Crippen LogP contribution is 2.21. The predicted molar refractivity (Wildman–Crippen MR) is 54.7 cm³/mol. The molecule has 1 amide bonds. The van der Waals surface area contributed by atoms with Crippen molar-refractivity contribution in [3.05, 3.63) is 23.8 Å². The van der Waals surface area contributed by atoms with Gasteiger partial charge < -0.3 is 10.6 Å². The number of benzene rings is 1. The molecule has 0 spiro atoms. The third kappa shape index (κ3) is 1.83. The van der Waals surface area contributed by atoms with Crippen LogP contribution in [0.25, 0.3) is 0 Å². The van der Waals surface area contributed by atoms with E-state index in [0.717, 1.165) is 0 Å². The lowest BCUT2D eigenvalue weighted by Gasteiger charge is -2.16. The lowest BCUT2D eigenvalue weighted by molar-refractivity contribution is -0.116. The van der Waals surface area contributed by atoms with Crippen LogP contribution in [0.1, 0.15) is 12.5 Å². The zero-order valence-electron chi connectivity index (χ0n) is 8.11. The molecule has 0 radical (unpaired) electrons. The van der Waals surface area contributed by atoms with Crippen LogP contribution in [0.4, 0.5) is 11.4 Å². The van der Waals surface area contributed by atoms with Crippen LogP contribution in [-0.2, 0) is 4.79 Å². The van der Waals surface area contributed by atoms with Crippen LogP contribution < -0.4 is 10.6 Å². The van der Waals surface area contributed by atoms with Crippen molar-refractivity contribution in [1.82, 2.24) is 0 Å². The summed E-state index contributed by atoms with van der Waals surface area (Å²) in [6, 6.07) is 6.87. The number of rotatable bonds is 1. The second kappa shape index (κ2) is 3.79. The maximum absolute atomic E-state index is 11.1. The molecule has 4 nitrogen and oxygen atoms in total. The van der Waals surface area contributed by atoms with Crippen molar-refractivity contribution in [2.75, 3.05) is 17.7 Å². The number of hydrogen-bond acceptors (Lipinski definition) is 3. The highest BCUT2D eigenvalue weighted by atomic mass is 16.2. The van der Waals surface area contributed by atoms with Crippen molar-refractivity contribution in [3.63, 3.8) is 0 Å². The standard InChI is InChI=1S/C10H11N3O/c1-7(14)13(2)10-4-3-9(12)5-8(10)6-11/h3-5H,12H2,1-2H3. The Kier molecular flexibility index (Phi) is 2.73. The molecule has 0 aliphatic rings. The minimum absolute atomic E-state index is 0.119. The molecule has 2 N–H and O–H groups in total. The van der Waals surface area contributed by atoms with E-state index in [1.165, 1.54) is 11.8 Å². The van der Waals surface area contributed by atoms with Crippen LogP contribution in [0.5, 0.6) is 0 Å². The van der Waals surface area contributed by atoms with E-state index in [4.69, 9.17) is 11.0 Å². The largest absolute Gasteiger partial charge is 0.399 e. The van der Waals surface area contributed by atoms with E-state index in [2.05, 4.69) is 0 Å². The van der Waals surface area contributed by atoms with Gasteiger partial charge in [0.1, 0.15) is 6.07 Å². The Bertz CT molecular complexity index is 406. The lowest BCUT2D eigenvalue weighted by atomic mass is 10.1. The zero-order valence-corrected chi connectivity index (χ0v) is 8.11. The van der Waals surface area contributed by atoms with Gasteiger partial charge in [-0.1, -0.05) is 0 Å². The Morgan fingerprint density at radius 2 is 2.21 bits per heavy atom. The van der Waals surface area contributed by atoms with E-state index in [-0.39, 0.29) is 5.91 Å². The summed E-state index contributed by atoms with van der Waals surface area (Å²) in [6.07, 6.45) is 0. The fraction of sp³-hybridized carbons (Fsp3) is 0.200. The second-order valence-electron chi connectivity index (χ2n) is 2.97. The zero-order chi connectivity index (χ0) is 10.7. The average Bonchev–Trinajstić information content (AvgIpc) is 2.16. The van der Waals surface area contributed by atoms with Crippen LogP contribution in [0, 0.1) is 11.3 Å². The molecular formula is C10H11N3O. The summed E-state index contributed by atoms with van der Waals surface area (Å²) in [6.45, 7) is 1.44. The van der Waals surface area contributed by atoms with Gasteiger partial charge in [0.2, 0.25) is 5.91 Å². The minimum Gasteiger partial charge on any atom is -0.399 e. The molecule has 4 heteroatoms. The normalized spacial score (nSPS) is 9.21. The first kappa shape index (κ1) is 10.1. The molecule has 0 saturated carbocycles. The monoisotopic (exact) mass is 189 g/mol. The van der Waals surface area contributed by atoms with Gasteiger partial charge in [-0.25, -0.2) is 0 Å². The van der Waals surface area contributed by atoms with E-state index in [1.54, 1.807) is 25.2 Å². The maximum Gasteiger partial charge on any atom is 0.223 e. The second-order valence-corrected chi connectivity index (χ2v) is 2.97. The minimum atomic E-state index is -0.119. The van der Waals surface area contributed by atoms with Gasteiger partial charge in [0.15, 0.2) is 0 Å². The van der Waals surface area contributed by atoms with E-state index in [9.17, 15) is 4.79 Å². The number of anilines is 2. The fourth-order valence-electron chi connectivity index (χ4n) is 1.11. The summed E-state index contributed by atoms with van der Waals surface area (Å²) >= 11 is 0. The van der Waals surface area contributed by atoms with Gasteiger partial charge in [-0.3, -0.25) is 4.79 Å². The van der Waals surface area contributed by atoms with Crippen LogP contribution in [0.3, 0.4) is 0 Å². The topological polar surface area (TPSA) is 70.1 Å².